The molecule has 0 aromatic carbocycles. The molecule has 0 amide bonds. The Morgan fingerprint density at radius 3 is 2.50 bits per heavy atom. The molecule has 2 nitrogen and oxygen atoms in total. The van der Waals surface area contributed by atoms with Crippen LogP contribution in [0.2, 0.25) is 0 Å². The zero-order chi connectivity index (χ0) is 10.6. The molecule has 1 aliphatic carbocycles. The van der Waals surface area contributed by atoms with E-state index in [1.807, 2.05) is 6.92 Å². The molecule has 1 saturated carbocycles. The number of esters is 1. The van der Waals surface area contributed by atoms with E-state index in [2.05, 4.69) is 13.8 Å². The molecule has 80 valence electrons. The second-order valence-electron chi connectivity index (χ2n) is 4.13. The summed E-state index contributed by atoms with van der Waals surface area (Å²) in [5.74, 6) is 0.911. The first-order chi connectivity index (χ1) is 6.65. The molecule has 0 aliphatic heterocycles. The third-order valence-corrected chi connectivity index (χ3v) is 2.98. The molecule has 1 fully saturated rings. The molecule has 2 heteroatoms. The summed E-state index contributed by atoms with van der Waals surface area (Å²) in [6.07, 6.45) is 5.39. The maximum atomic E-state index is 11.3. The van der Waals surface area contributed by atoms with Crippen LogP contribution >= 0.6 is 0 Å². The summed E-state index contributed by atoms with van der Waals surface area (Å²) < 4.78 is 4.93. The fourth-order valence-electron chi connectivity index (χ4n) is 2.15. The Labute approximate surface area is 86.3 Å². The molecule has 0 radical (unpaired) electrons. The number of ether oxygens (including phenoxy) is 1. The van der Waals surface area contributed by atoms with Crippen molar-refractivity contribution in [2.45, 2.75) is 40.0 Å². The van der Waals surface area contributed by atoms with Crippen LogP contribution in [0.4, 0.5) is 0 Å². The number of hydrogen-bond donors (Lipinski definition) is 0. The highest BCUT2D eigenvalue weighted by atomic mass is 16.5. The van der Waals surface area contributed by atoms with Gasteiger partial charge in [-0.1, -0.05) is 25.8 Å². The fraction of sp³-hybridized carbons (Fsp3) is 0.750. The Kier molecular flexibility index (Phi) is 4.18. The van der Waals surface area contributed by atoms with E-state index in [-0.39, 0.29) is 5.97 Å². The highest BCUT2D eigenvalue weighted by Gasteiger charge is 2.21. The Balaban J connectivity index is 2.66. The maximum Gasteiger partial charge on any atom is 0.330 e. The average molecular weight is 196 g/mol. The summed E-state index contributed by atoms with van der Waals surface area (Å²) in [7, 11) is 0. The van der Waals surface area contributed by atoms with E-state index >= 15 is 0 Å². The Morgan fingerprint density at radius 2 is 2.00 bits per heavy atom. The number of rotatable bonds is 2. The van der Waals surface area contributed by atoms with Crippen LogP contribution in [0.3, 0.4) is 0 Å². The first-order valence-electron chi connectivity index (χ1n) is 5.53. The van der Waals surface area contributed by atoms with Crippen molar-refractivity contribution in [2.24, 2.45) is 11.8 Å². The standard InChI is InChI=1S/C12H20O2/c1-4-14-12(13)8-11-9(2)6-5-7-10(11)3/h8-10H,4-7H2,1-3H3/t9-,10+. The molecule has 0 N–H and O–H groups in total. The van der Waals surface area contributed by atoms with Crippen molar-refractivity contribution in [2.75, 3.05) is 6.61 Å². The van der Waals surface area contributed by atoms with Gasteiger partial charge in [-0.05, 0) is 31.6 Å². The second kappa shape index (κ2) is 5.18. The van der Waals surface area contributed by atoms with Gasteiger partial charge in [-0.2, -0.15) is 0 Å². The number of carbonyl (C=O) groups is 1. The lowest BCUT2D eigenvalue weighted by atomic mass is 9.78. The summed E-state index contributed by atoms with van der Waals surface area (Å²) in [5, 5.41) is 0. The van der Waals surface area contributed by atoms with Crippen LogP contribution in [-0.4, -0.2) is 12.6 Å². The summed E-state index contributed by atoms with van der Waals surface area (Å²) in [6.45, 7) is 6.69. The van der Waals surface area contributed by atoms with E-state index < -0.39 is 0 Å². The fourth-order valence-corrected chi connectivity index (χ4v) is 2.15. The molecule has 14 heavy (non-hydrogen) atoms. The normalized spacial score (nSPS) is 30.4. The molecular formula is C12H20O2. The van der Waals surface area contributed by atoms with Gasteiger partial charge in [-0.3, -0.25) is 0 Å². The molecule has 0 heterocycles. The minimum atomic E-state index is -0.178. The number of allylic oxidation sites excluding steroid dienone is 1. The minimum absolute atomic E-state index is 0.178. The van der Waals surface area contributed by atoms with Gasteiger partial charge in [0.2, 0.25) is 0 Å². The predicted molar refractivity (Wildman–Crippen MR) is 56.9 cm³/mol. The zero-order valence-corrected chi connectivity index (χ0v) is 9.38. The SMILES string of the molecule is CCOC(=O)C=C1[C@H](C)CCC[C@@H]1C. The van der Waals surface area contributed by atoms with Crippen LogP contribution in [-0.2, 0) is 9.53 Å². The van der Waals surface area contributed by atoms with Crippen molar-refractivity contribution < 1.29 is 9.53 Å². The molecule has 0 spiro atoms. The monoisotopic (exact) mass is 196 g/mol. The van der Waals surface area contributed by atoms with Gasteiger partial charge < -0.3 is 4.74 Å². The molecule has 0 bridgehead atoms. The van der Waals surface area contributed by atoms with E-state index in [1.54, 1.807) is 6.08 Å². The van der Waals surface area contributed by atoms with Crippen molar-refractivity contribution in [3.8, 4) is 0 Å². The van der Waals surface area contributed by atoms with Gasteiger partial charge in [0.05, 0.1) is 6.61 Å². The van der Waals surface area contributed by atoms with Gasteiger partial charge in [-0.15, -0.1) is 0 Å². The molecule has 0 aromatic rings. The lowest BCUT2D eigenvalue weighted by Crippen LogP contribution is -2.16. The number of carbonyl (C=O) groups excluding carboxylic acids is 1. The van der Waals surface area contributed by atoms with E-state index in [1.165, 1.54) is 24.8 Å². The molecule has 0 unspecified atom stereocenters. The van der Waals surface area contributed by atoms with Crippen LogP contribution in [0.5, 0.6) is 0 Å². The van der Waals surface area contributed by atoms with Crippen molar-refractivity contribution in [3.63, 3.8) is 0 Å². The third kappa shape index (κ3) is 2.86. The lowest BCUT2D eigenvalue weighted by Gasteiger charge is -2.27. The van der Waals surface area contributed by atoms with E-state index in [4.69, 9.17) is 4.74 Å². The van der Waals surface area contributed by atoms with Crippen LogP contribution in [0.15, 0.2) is 11.6 Å². The van der Waals surface area contributed by atoms with Gasteiger partial charge in [0.15, 0.2) is 0 Å². The third-order valence-electron chi connectivity index (χ3n) is 2.98. The topological polar surface area (TPSA) is 26.3 Å². The molecule has 2 atom stereocenters. The molecule has 1 aliphatic rings. The Morgan fingerprint density at radius 1 is 1.43 bits per heavy atom. The van der Waals surface area contributed by atoms with Crippen LogP contribution in [0.25, 0.3) is 0 Å². The molecule has 1 rings (SSSR count). The van der Waals surface area contributed by atoms with Crippen LogP contribution in [0, 0.1) is 11.8 Å². The minimum Gasteiger partial charge on any atom is -0.463 e. The van der Waals surface area contributed by atoms with Crippen LogP contribution < -0.4 is 0 Å². The van der Waals surface area contributed by atoms with E-state index in [0.717, 1.165) is 0 Å². The van der Waals surface area contributed by atoms with E-state index in [0.29, 0.717) is 18.4 Å². The summed E-state index contributed by atoms with van der Waals surface area (Å²) in [4.78, 5) is 11.3. The molecular weight excluding hydrogens is 176 g/mol. The van der Waals surface area contributed by atoms with Gasteiger partial charge in [0.1, 0.15) is 0 Å². The van der Waals surface area contributed by atoms with Gasteiger partial charge in [0.25, 0.3) is 0 Å². The average Bonchev–Trinajstić information content (AvgIpc) is 2.12. The van der Waals surface area contributed by atoms with Gasteiger partial charge in [-0.25, -0.2) is 4.79 Å². The Hall–Kier alpha value is -0.790. The summed E-state index contributed by atoms with van der Waals surface area (Å²) >= 11 is 0. The van der Waals surface area contributed by atoms with Gasteiger partial charge in [0, 0.05) is 6.08 Å². The molecule has 0 aromatic heterocycles. The smallest absolute Gasteiger partial charge is 0.330 e. The van der Waals surface area contributed by atoms with Crippen molar-refractivity contribution in [3.05, 3.63) is 11.6 Å². The summed E-state index contributed by atoms with van der Waals surface area (Å²) in [5.41, 5.74) is 1.27. The van der Waals surface area contributed by atoms with E-state index in [9.17, 15) is 4.79 Å². The lowest BCUT2D eigenvalue weighted by molar-refractivity contribution is -0.137. The first-order valence-corrected chi connectivity index (χ1v) is 5.53. The van der Waals surface area contributed by atoms with Crippen molar-refractivity contribution in [1.29, 1.82) is 0 Å². The number of hydrogen-bond acceptors (Lipinski definition) is 2. The summed E-state index contributed by atoms with van der Waals surface area (Å²) in [6, 6.07) is 0. The maximum absolute atomic E-state index is 11.3. The Bertz CT molecular complexity index is 218. The second-order valence-corrected chi connectivity index (χ2v) is 4.13. The highest BCUT2D eigenvalue weighted by Crippen LogP contribution is 2.33. The van der Waals surface area contributed by atoms with Crippen LogP contribution in [0.1, 0.15) is 40.0 Å². The van der Waals surface area contributed by atoms with Crippen molar-refractivity contribution >= 4 is 5.97 Å². The predicted octanol–water partition coefficient (Wildman–Crippen LogP) is 2.93. The first kappa shape index (κ1) is 11.3. The van der Waals surface area contributed by atoms with Crippen molar-refractivity contribution in [1.82, 2.24) is 0 Å². The molecule has 0 saturated heterocycles. The highest BCUT2D eigenvalue weighted by molar-refractivity contribution is 5.83. The van der Waals surface area contributed by atoms with Gasteiger partial charge >= 0.3 is 5.97 Å². The quantitative estimate of drug-likeness (QED) is 0.501. The zero-order valence-electron chi connectivity index (χ0n) is 9.38. The largest absolute Gasteiger partial charge is 0.463 e.